The number of rotatable bonds is 5. The molecule has 0 heterocycles. The largest absolute Gasteiger partial charge is 0.394 e. The molecule has 0 aliphatic carbocycles. The fourth-order valence-electron chi connectivity index (χ4n) is 0.661. The topological polar surface area (TPSA) is 117 Å². The van der Waals surface area contributed by atoms with Gasteiger partial charge in [0, 0.05) is 6.21 Å². The van der Waals surface area contributed by atoms with Gasteiger partial charge in [0.2, 0.25) is 0 Å². The van der Waals surface area contributed by atoms with Crippen LogP contribution < -0.4 is 16.8 Å². The Kier molecular flexibility index (Phi) is 4.69. The number of primary amides is 1. The van der Waals surface area contributed by atoms with Crippen molar-refractivity contribution in [3.8, 4) is 0 Å². The van der Waals surface area contributed by atoms with Gasteiger partial charge in [-0.2, -0.15) is 0 Å². The van der Waals surface area contributed by atoms with Crippen molar-refractivity contribution in [2.45, 2.75) is 6.92 Å². The number of nitrogens with two attached hydrogens (primary N) is 2. The monoisotopic (exact) mass is 195 g/mol. The summed E-state index contributed by atoms with van der Waals surface area (Å²) < 4.78 is 0. The van der Waals surface area contributed by atoms with Crippen LogP contribution in [0.25, 0.3) is 0 Å². The van der Waals surface area contributed by atoms with Crippen LogP contribution in [0, 0.1) is 5.41 Å². The maximum absolute atomic E-state index is 10.6. The molecule has 0 saturated heterocycles. The van der Waals surface area contributed by atoms with Crippen LogP contribution in [0.5, 0.6) is 0 Å². The van der Waals surface area contributed by atoms with E-state index < -0.39 is 11.6 Å². The highest BCUT2D eigenvalue weighted by Crippen LogP contribution is 1.98. The summed E-state index contributed by atoms with van der Waals surface area (Å²) in [5.74, 6) is -0.733. The van der Waals surface area contributed by atoms with E-state index in [4.69, 9.17) is 16.9 Å². The average Bonchev–Trinajstić information content (AvgIpc) is 2.15. The van der Waals surface area contributed by atoms with E-state index in [0.29, 0.717) is 0 Å². The molecule has 0 aliphatic heterocycles. The van der Waals surface area contributed by atoms with Gasteiger partial charge in [-0.25, -0.2) is 4.99 Å². The highest BCUT2D eigenvalue weighted by Gasteiger charge is 2.11. The number of aliphatic imine (C=N–C) groups is 1. The minimum atomic E-state index is -0.905. The SMILES string of the molecule is C=CN/C(N=CC)=C(\N)C(=N)C(N)=O. The van der Waals surface area contributed by atoms with Crippen molar-refractivity contribution in [2.75, 3.05) is 0 Å². The van der Waals surface area contributed by atoms with E-state index in [1.165, 1.54) is 12.4 Å². The first kappa shape index (κ1) is 11.9. The summed E-state index contributed by atoms with van der Waals surface area (Å²) in [4.78, 5) is 14.4. The van der Waals surface area contributed by atoms with E-state index in [2.05, 4.69) is 16.9 Å². The summed E-state index contributed by atoms with van der Waals surface area (Å²) in [7, 11) is 0. The molecule has 0 unspecified atom stereocenters. The summed E-state index contributed by atoms with van der Waals surface area (Å²) in [6.07, 6.45) is 2.80. The molecule has 0 aromatic rings. The lowest BCUT2D eigenvalue weighted by Crippen LogP contribution is -2.30. The van der Waals surface area contributed by atoms with E-state index in [0.717, 1.165) is 0 Å². The van der Waals surface area contributed by atoms with Crippen LogP contribution in [0.3, 0.4) is 0 Å². The predicted octanol–water partition coefficient (Wildman–Crippen LogP) is -0.557. The zero-order chi connectivity index (χ0) is 11.1. The lowest BCUT2D eigenvalue weighted by Gasteiger charge is -2.05. The molecule has 0 saturated carbocycles. The maximum atomic E-state index is 10.6. The number of hydrogen-bond donors (Lipinski definition) is 4. The first-order valence-electron chi connectivity index (χ1n) is 3.79. The van der Waals surface area contributed by atoms with Gasteiger partial charge < -0.3 is 16.8 Å². The highest BCUT2D eigenvalue weighted by molar-refractivity contribution is 6.43. The Morgan fingerprint density at radius 1 is 1.57 bits per heavy atom. The number of hydrogen-bond acceptors (Lipinski definition) is 5. The Morgan fingerprint density at radius 3 is 2.50 bits per heavy atom. The third-order valence-corrected chi connectivity index (χ3v) is 1.27. The van der Waals surface area contributed by atoms with Crippen molar-refractivity contribution in [1.29, 1.82) is 5.41 Å². The number of carbonyl (C=O) groups is 1. The average molecular weight is 195 g/mol. The van der Waals surface area contributed by atoms with Gasteiger partial charge in [0.25, 0.3) is 5.91 Å². The second-order valence-electron chi connectivity index (χ2n) is 2.24. The number of carbonyl (C=O) groups excluding carboxylic acids is 1. The summed E-state index contributed by atoms with van der Waals surface area (Å²) in [6.45, 7) is 5.08. The molecule has 6 nitrogen and oxygen atoms in total. The summed E-state index contributed by atoms with van der Waals surface area (Å²) in [6, 6.07) is 0. The second kappa shape index (κ2) is 5.52. The van der Waals surface area contributed by atoms with Gasteiger partial charge in [0.1, 0.15) is 11.4 Å². The number of amides is 1. The fourth-order valence-corrected chi connectivity index (χ4v) is 0.661. The zero-order valence-corrected chi connectivity index (χ0v) is 7.87. The van der Waals surface area contributed by atoms with Crippen molar-refractivity contribution in [3.63, 3.8) is 0 Å². The fraction of sp³-hybridized carbons (Fsp3) is 0.125. The molecule has 0 radical (unpaired) electrons. The molecule has 0 atom stereocenters. The lowest BCUT2D eigenvalue weighted by molar-refractivity contribution is -0.112. The smallest absolute Gasteiger partial charge is 0.268 e. The van der Waals surface area contributed by atoms with Gasteiger partial charge >= 0.3 is 0 Å². The van der Waals surface area contributed by atoms with E-state index >= 15 is 0 Å². The normalized spacial score (nSPS) is 12.1. The van der Waals surface area contributed by atoms with Crippen LogP contribution in [-0.4, -0.2) is 17.8 Å². The first-order valence-corrected chi connectivity index (χ1v) is 3.79. The third-order valence-electron chi connectivity index (χ3n) is 1.27. The van der Waals surface area contributed by atoms with E-state index in [1.807, 2.05) is 0 Å². The Labute approximate surface area is 81.9 Å². The van der Waals surface area contributed by atoms with Crippen LogP contribution in [-0.2, 0) is 4.79 Å². The number of nitrogens with one attached hydrogen (secondary N) is 2. The van der Waals surface area contributed by atoms with Gasteiger partial charge in [-0.1, -0.05) is 6.58 Å². The highest BCUT2D eigenvalue weighted by atomic mass is 16.1. The van der Waals surface area contributed by atoms with Gasteiger partial charge in [-0.15, -0.1) is 0 Å². The molecule has 0 aliphatic rings. The van der Waals surface area contributed by atoms with Crippen LogP contribution in [0.4, 0.5) is 0 Å². The van der Waals surface area contributed by atoms with Crippen LogP contribution in [0.2, 0.25) is 0 Å². The molecule has 0 rings (SSSR count). The van der Waals surface area contributed by atoms with Gasteiger partial charge in [-0.3, -0.25) is 10.2 Å². The Hall–Kier alpha value is -2.11. The van der Waals surface area contributed by atoms with Gasteiger partial charge in [0.15, 0.2) is 5.82 Å². The molecule has 0 fully saturated rings. The maximum Gasteiger partial charge on any atom is 0.268 e. The Bertz CT molecular complexity index is 316. The summed E-state index contributed by atoms with van der Waals surface area (Å²) in [5, 5.41) is 9.82. The molecule has 0 spiro atoms. The van der Waals surface area contributed by atoms with Crippen LogP contribution in [0.1, 0.15) is 6.92 Å². The van der Waals surface area contributed by atoms with Gasteiger partial charge in [0.05, 0.1) is 0 Å². The minimum Gasteiger partial charge on any atom is -0.394 e. The molecular formula is C8H13N5O. The summed E-state index contributed by atoms with van der Waals surface area (Å²) >= 11 is 0. The van der Waals surface area contributed by atoms with Crippen molar-refractivity contribution in [2.24, 2.45) is 16.5 Å². The zero-order valence-electron chi connectivity index (χ0n) is 7.87. The van der Waals surface area contributed by atoms with Gasteiger partial charge in [-0.05, 0) is 13.1 Å². The Balaban J connectivity index is 5.07. The quantitative estimate of drug-likeness (QED) is 0.440. The van der Waals surface area contributed by atoms with E-state index in [1.54, 1.807) is 6.92 Å². The molecule has 0 aromatic heterocycles. The molecule has 6 heteroatoms. The van der Waals surface area contributed by atoms with Crippen LogP contribution >= 0.6 is 0 Å². The van der Waals surface area contributed by atoms with Crippen molar-refractivity contribution in [1.82, 2.24) is 5.32 Å². The predicted molar refractivity (Wildman–Crippen MR) is 55.6 cm³/mol. The lowest BCUT2D eigenvalue weighted by atomic mass is 10.2. The van der Waals surface area contributed by atoms with E-state index in [-0.39, 0.29) is 11.5 Å². The second-order valence-corrected chi connectivity index (χ2v) is 2.24. The Morgan fingerprint density at radius 2 is 2.14 bits per heavy atom. The number of nitrogens with zero attached hydrogens (tertiary/aromatic N) is 1. The minimum absolute atomic E-state index is 0.115. The third kappa shape index (κ3) is 3.10. The van der Waals surface area contributed by atoms with E-state index in [9.17, 15) is 4.79 Å². The molecule has 6 N–H and O–H groups in total. The van der Waals surface area contributed by atoms with Crippen molar-refractivity contribution in [3.05, 3.63) is 24.3 Å². The molecule has 76 valence electrons. The molecule has 1 amide bonds. The molecular weight excluding hydrogens is 182 g/mol. The molecule has 14 heavy (non-hydrogen) atoms. The van der Waals surface area contributed by atoms with Crippen LogP contribution in [0.15, 0.2) is 29.3 Å². The standard InChI is InChI=1S/C8H13N5O/c1-3-12-8(13-4-2)6(10)5(9)7(11)14/h3-4,9,12H,1,10H2,2H3,(H2,11,14)/b8-6+,9-5?,13-4?. The molecule has 0 bridgehead atoms. The van der Waals surface area contributed by atoms with Crippen molar-refractivity contribution >= 4 is 17.8 Å². The first-order chi connectivity index (χ1) is 6.54. The van der Waals surface area contributed by atoms with Crippen molar-refractivity contribution < 1.29 is 4.79 Å². The molecule has 0 aromatic carbocycles. The summed E-state index contributed by atoms with van der Waals surface area (Å²) in [5.41, 5.74) is 9.75.